The van der Waals surface area contributed by atoms with E-state index in [-0.39, 0.29) is 11.7 Å². The molecule has 0 radical (unpaired) electrons. The Morgan fingerprint density at radius 2 is 1.74 bits per heavy atom. The molecule has 19 heavy (non-hydrogen) atoms. The minimum Gasteiger partial charge on any atom is -0.480 e. The van der Waals surface area contributed by atoms with Crippen molar-refractivity contribution >= 4 is 11.8 Å². The largest absolute Gasteiger partial charge is 0.480 e. The van der Waals surface area contributed by atoms with Crippen molar-refractivity contribution in [2.24, 2.45) is 5.41 Å². The summed E-state index contributed by atoms with van der Waals surface area (Å²) in [6, 6.07) is 4.13. The van der Waals surface area contributed by atoms with Crippen LogP contribution >= 0.6 is 0 Å². The van der Waals surface area contributed by atoms with Crippen molar-refractivity contribution in [1.29, 1.82) is 0 Å². The van der Waals surface area contributed by atoms with Crippen LogP contribution in [-0.4, -0.2) is 16.9 Å². The lowest BCUT2D eigenvalue weighted by Gasteiger charge is -2.45. The fraction of sp³-hybridized carbons (Fsp3) is 0.500. The maximum atomic E-state index is 11.9. The quantitative estimate of drug-likeness (QED) is 0.849. The van der Waals surface area contributed by atoms with Crippen molar-refractivity contribution in [2.75, 3.05) is 0 Å². The van der Waals surface area contributed by atoms with E-state index in [1.807, 2.05) is 20.8 Å². The number of rotatable bonds is 3. The molecular weight excluding hydrogens is 240 g/mol. The monoisotopic (exact) mass is 260 g/mol. The van der Waals surface area contributed by atoms with Crippen LogP contribution in [0.4, 0.5) is 0 Å². The first-order chi connectivity index (χ1) is 8.80. The minimum atomic E-state index is -1.20. The van der Waals surface area contributed by atoms with Crippen LogP contribution in [0.2, 0.25) is 0 Å². The van der Waals surface area contributed by atoms with Gasteiger partial charge in [-0.2, -0.15) is 0 Å². The Morgan fingerprint density at radius 3 is 2.05 bits per heavy atom. The third kappa shape index (κ3) is 1.88. The van der Waals surface area contributed by atoms with Gasteiger partial charge in [0.1, 0.15) is 11.2 Å². The molecule has 0 amide bonds. The predicted octanol–water partition coefficient (Wildman–Crippen LogP) is 3.15. The minimum absolute atomic E-state index is 0.178. The van der Waals surface area contributed by atoms with E-state index in [0.717, 1.165) is 23.1 Å². The molecule has 3 nitrogen and oxygen atoms in total. The summed E-state index contributed by atoms with van der Waals surface area (Å²) in [6.45, 7) is 7.43. The molecule has 2 unspecified atom stereocenters. The number of Topliss-reactive ketones (excluding diaryl/α,β-unsaturated/α-hetero) is 1. The number of aryl methyl sites for hydroxylation is 3. The second-order valence-corrected chi connectivity index (χ2v) is 5.74. The molecule has 102 valence electrons. The molecule has 0 aliphatic heterocycles. The van der Waals surface area contributed by atoms with Gasteiger partial charge in [-0.15, -0.1) is 0 Å². The van der Waals surface area contributed by atoms with E-state index < -0.39 is 11.4 Å². The summed E-state index contributed by atoms with van der Waals surface area (Å²) in [4.78, 5) is 23.5. The van der Waals surface area contributed by atoms with E-state index in [9.17, 15) is 14.7 Å². The number of benzene rings is 1. The van der Waals surface area contributed by atoms with Crippen molar-refractivity contribution in [3.05, 3.63) is 34.4 Å². The van der Waals surface area contributed by atoms with E-state index in [0.29, 0.717) is 6.42 Å². The number of aliphatic carboxylic acids is 1. The van der Waals surface area contributed by atoms with E-state index >= 15 is 0 Å². The maximum absolute atomic E-state index is 11.9. The normalized spacial score (nSPS) is 25.8. The van der Waals surface area contributed by atoms with Gasteiger partial charge in [-0.1, -0.05) is 17.7 Å². The smallest absolute Gasteiger partial charge is 0.317 e. The molecule has 0 aromatic heterocycles. The second kappa shape index (κ2) is 4.48. The molecule has 0 heterocycles. The number of carboxylic acids is 1. The van der Waals surface area contributed by atoms with Gasteiger partial charge in [0.15, 0.2) is 0 Å². The average molecular weight is 260 g/mol. The first kappa shape index (κ1) is 13.8. The lowest BCUT2D eigenvalue weighted by atomic mass is 9.54. The Bertz CT molecular complexity index is 520. The van der Waals surface area contributed by atoms with Crippen LogP contribution in [0.5, 0.6) is 0 Å². The Kier molecular flexibility index (Phi) is 3.25. The van der Waals surface area contributed by atoms with Crippen LogP contribution in [0.1, 0.15) is 47.9 Å². The van der Waals surface area contributed by atoms with Gasteiger partial charge in [0, 0.05) is 5.92 Å². The summed E-state index contributed by atoms with van der Waals surface area (Å²) in [7, 11) is 0. The Morgan fingerprint density at radius 1 is 1.21 bits per heavy atom. The van der Waals surface area contributed by atoms with Crippen LogP contribution in [0, 0.1) is 26.2 Å². The highest BCUT2D eigenvalue weighted by Gasteiger charge is 2.57. The Labute approximate surface area is 113 Å². The van der Waals surface area contributed by atoms with Gasteiger partial charge in [0.25, 0.3) is 0 Å². The van der Waals surface area contributed by atoms with Gasteiger partial charge in [0.05, 0.1) is 0 Å². The number of carboxylic acid groups (broad SMARTS) is 1. The van der Waals surface area contributed by atoms with Gasteiger partial charge < -0.3 is 5.11 Å². The highest BCUT2D eigenvalue weighted by Crippen LogP contribution is 2.55. The Balaban J connectivity index is 2.55. The van der Waals surface area contributed by atoms with Crippen LogP contribution in [0.25, 0.3) is 0 Å². The standard InChI is InChI=1S/C16H20O3/c1-9-7-10(2)14(11(3)8-9)13-5-6-16(13,12(4)17)15(18)19/h7-8,13H,5-6H2,1-4H3,(H,18,19). The van der Waals surface area contributed by atoms with E-state index in [1.54, 1.807) is 0 Å². The number of hydrogen-bond donors (Lipinski definition) is 1. The molecule has 1 fully saturated rings. The first-order valence-corrected chi connectivity index (χ1v) is 6.63. The molecule has 1 saturated carbocycles. The number of carbonyl (C=O) groups excluding carboxylic acids is 1. The van der Waals surface area contributed by atoms with Crippen molar-refractivity contribution in [2.45, 2.75) is 46.5 Å². The van der Waals surface area contributed by atoms with Crippen molar-refractivity contribution < 1.29 is 14.7 Å². The molecule has 1 N–H and O–H groups in total. The van der Waals surface area contributed by atoms with Gasteiger partial charge in [-0.25, -0.2) is 0 Å². The summed E-state index contributed by atoms with van der Waals surface area (Å²) in [5, 5.41) is 9.50. The average Bonchev–Trinajstić information content (AvgIpc) is 2.20. The lowest BCUT2D eigenvalue weighted by Crippen LogP contribution is -2.50. The third-order valence-electron chi connectivity index (χ3n) is 4.52. The number of ketones is 1. The van der Waals surface area contributed by atoms with Crippen LogP contribution < -0.4 is 0 Å². The zero-order valence-electron chi connectivity index (χ0n) is 11.9. The van der Waals surface area contributed by atoms with E-state index in [1.165, 1.54) is 12.5 Å². The van der Waals surface area contributed by atoms with Crippen LogP contribution in [0.15, 0.2) is 12.1 Å². The van der Waals surface area contributed by atoms with Gasteiger partial charge in [-0.05, 0) is 57.2 Å². The van der Waals surface area contributed by atoms with Crippen LogP contribution in [0.3, 0.4) is 0 Å². The molecule has 3 heteroatoms. The topological polar surface area (TPSA) is 54.4 Å². The molecular formula is C16H20O3. The van der Waals surface area contributed by atoms with Gasteiger partial charge in [0.2, 0.25) is 0 Å². The van der Waals surface area contributed by atoms with Crippen molar-refractivity contribution in [3.8, 4) is 0 Å². The fourth-order valence-electron chi connectivity index (χ4n) is 3.54. The third-order valence-corrected chi connectivity index (χ3v) is 4.52. The molecule has 1 aliphatic carbocycles. The zero-order chi connectivity index (χ0) is 14.4. The first-order valence-electron chi connectivity index (χ1n) is 6.63. The Hall–Kier alpha value is -1.64. The number of hydrogen-bond acceptors (Lipinski definition) is 2. The summed E-state index contributed by atoms with van der Waals surface area (Å²) in [5.74, 6) is -1.38. The summed E-state index contributed by atoms with van der Waals surface area (Å²) in [5.41, 5.74) is 3.20. The summed E-state index contributed by atoms with van der Waals surface area (Å²) < 4.78 is 0. The highest BCUT2D eigenvalue weighted by atomic mass is 16.4. The maximum Gasteiger partial charge on any atom is 0.317 e. The summed E-state index contributed by atoms with van der Waals surface area (Å²) in [6.07, 6.45) is 1.23. The van der Waals surface area contributed by atoms with Gasteiger partial charge >= 0.3 is 5.97 Å². The summed E-state index contributed by atoms with van der Waals surface area (Å²) >= 11 is 0. The second-order valence-electron chi connectivity index (χ2n) is 5.74. The molecule has 0 saturated heterocycles. The molecule has 0 spiro atoms. The van der Waals surface area contributed by atoms with E-state index in [2.05, 4.69) is 12.1 Å². The highest BCUT2D eigenvalue weighted by molar-refractivity contribution is 6.04. The molecule has 1 aliphatic rings. The fourth-order valence-corrected chi connectivity index (χ4v) is 3.54. The molecule has 1 aromatic carbocycles. The molecule has 2 atom stereocenters. The molecule has 2 rings (SSSR count). The SMILES string of the molecule is CC(=O)C1(C(=O)O)CCC1c1c(C)cc(C)cc1C. The predicted molar refractivity (Wildman–Crippen MR) is 73.4 cm³/mol. The van der Waals surface area contributed by atoms with E-state index in [4.69, 9.17) is 0 Å². The van der Waals surface area contributed by atoms with Crippen molar-refractivity contribution in [1.82, 2.24) is 0 Å². The molecule has 1 aromatic rings. The number of carbonyl (C=O) groups is 2. The van der Waals surface area contributed by atoms with Crippen molar-refractivity contribution in [3.63, 3.8) is 0 Å². The van der Waals surface area contributed by atoms with Gasteiger partial charge in [-0.3, -0.25) is 9.59 Å². The lowest BCUT2D eigenvalue weighted by molar-refractivity contribution is -0.162. The van der Waals surface area contributed by atoms with Crippen LogP contribution in [-0.2, 0) is 9.59 Å². The zero-order valence-corrected chi connectivity index (χ0v) is 11.9. The molecule has 0 bridgehead atoms.